The van der Waals surface area contributed by atoms with Gasteiger partial charge in [0.25, 0.3) is 5.69 Å². The first-order chi connectivity index (χ1) is 7.90. The molecule has 1 aromatic rings. The van der Waals surface area contributed by atoms with Crippen LogP contribution in [0.3, 0.4) is 0 Å². The molecule has 2 rings (SSSR count). The van der Waals surface area contributed by atoms with E-state index in [0.29, 0.717) is 6.07 Å². The number of nitro groups is 1. The van der Waals surface area contributed by atoms with Gasteiger partial charge in [-0.2, -0.15) is 0 Å². The lowest BCUT2D eigenvalue weighted by atomic mass is 10.3. The molecule has 1 aromatic carbocycles. The van der Waals surface area contributed by atoms with Crippen molar-refractivity contribution in [3.63, 3.8) is 0 Å². The number of benzene rings is 1. The highest BCUT2D eigenvalue weighted by molar-refractivity contribution is 7.89. The predicted octanol–water partition coefficient (Wildman–Crippen LogP) is 1.17. The van der Waals surface area contributed by atoms with E-state index < -0.39 is 31.3 Å². The molecule has 0 radical (unpaired) electrons. The average molecular weight is 260 g/mol. The second-order valence-electron chi connectivity index (χ2n) is 3.77. The summed E-state index contributed by atoms with van der Waals surface area (Å²) in [5, 5.41) is 10.4. The van der Waals surface area contributed by atoms with Crippen LogP contribution < -0.4 is 4.72 Å². The Morgan fingerprint density at radius 2 is 2.06 bits per heavy atom. The van der Waals surface area contributed by atoms with E-state index in [9.17, 15) is 22.9 Å². The number of halogens is 1. The summed E-state index contributed by atoms with van der Waals surface area (Å²) in [6, 6.07) is 2.32. The molecule has 0 amide bonds. The first kappa shape index (κ1) is 11.9. The molecule has 0 aromatic heterocycles. The van der Waals surface area contributed by atoms with Crippen LogP contribution in [0, 0.1) is 15.9 Å². The molecule has 0 heterocycles. The van der Waals surface area contributed by atoms with Crippen molar-refractivity contribution in [1.29, 1.82) is 0 Å². The number of non-ortho nitro benzene ring substituents is 1. The summed E-state index contributed by atoms with van der Waals surface area (Å²) in [5.41, 5.74) is -0.479. The summed E-state index contributed by atoms with van der Waals surface area (Å²) in [6.45, 7) is 0. The molecule has 0 atom stereocenters. The number of hydrogen-bond acceptors (Lipinski definition) is 4. The van der Waals surface area contributed by atoms with E-state index in [0.717, 1.165) is 25.0 Å². The average Bonchev–Trinajstić information content (AvgIpc) is 3.00. The van der Waals surface area contributed by atoms with E-state index in [1.54, 1.807) is 0 Å². The van der Waals surface area contributed by atoms with E-state index in [4.69, 9.17) is 0 Å². The fourth-order valence-corrected chi connectivity index (χ4v) is 2.67. The maximum Gasteiger partial charge on any atom is 0.272 e. The van der Waals surface area contributed by atoms with Gasteiger partial charge in [0, 0.05) is 12.1 Å². The van der Waals surface area contributed by atoms with Crippen molar-refractivity contribution < 1.29 is 17.7 Å². The fraction of sp³-hybridized carbons (Fsp3) is 0.333. The van der Waals surface area contributed by atoms with Gasteiger partial charge in [-0.15, -0.1) is 0 Å². The Hall–Kier alpha value is -1.54. The van der Waals surface area contributed by atoms with E-state index in [1.165, 1.54) is 0 Å². The maximum atomic E-state index is 13.5. The predicted molar refractivity (Wildman–Crippen MR) is 56.4 cm³/mol. The summed E-state index contributed by atoms with van der Waals surface area (Å²) in [6.07, 6.45) is 1.46. The molecule has 0 aliphatic heterocycles. The van der Waals surface area contributed by atoms with Crippen LogP contribution in [0.5, 0.6) is 0 Å². The van der Waals surface area contributed by atoms with E-state index in [2.05, 4.69) is 4.72 Å². The minimum Gasteiger partial charge on any atom is -0.258 e. The third-order valence-corrected chi connectivity index (χ3v) is 3.87. The Bertz CT molecular complexity index is 568. The van der Waals surface area contributed by atoms with Crippen molar-refractivity contribution in [1.82, 2.24) is 4.72 Å². The number of hydrogen-bond donors (Lipinski definition) is 1. The molecular weight excluding hydrogens is 251 g/mol. The zero-order valence-electron chi connectivity index (χ0n) is 8.59. The van der Waals surface area contributed by atoms with Crippen LogP contribution in [-0.2, 0) is 10.0 Å². The molecule has 0 unspecified atom stereocenters. The van der Waals surface area contributed by atoms with Crippen molar-refractivity contribution in [2.75, 3.05) is 0 Å². The maximum absolute atomic E-state index is 13.5. The van der Waals surface area contributed by atoms with Crippen molar-refractivity contribution in [3.05, 3.63) is 34.1 Å². The largest absolute Gasteiger partial charge is 0.272 e. The van der Waals surface area contributed by atoms with Gasteiger partial charge in [0.05, 0.1) is 11.0 Å². The standard InChI is InChI=1S/C9H9FN2O4S/c10-8-5-7(12(13)14)3-4-9(8)17(15,16)11-6-1-2-6/h3-6,11H,1-2H2. The second-order valence-corrected chi connectivity index (χ2v) is 5.45. The lowest BCUT2D eigenvalue weighted by molar-refractivity contribution is -0.385. The van der Waals surface area contributed by atoms with Gasteiger partial charge in [-0.1, -0.05) is 0 Å². The number of sulfonamides is 1. The van der Waals surface area contributed by atoms with Crippen molar-refractivity contribution >= 4 is 15.7 Å². The van der Waals surface area contributed by atoms with Crippen LogP contribution in [-0.4, -0.2) is 19.4 Å². The number of nitrogens with one attached hydrogen (secondary N) is 1. The molecule has 1 aliphatic rings. The zero-order chi connectivity index (χ0) is 12.6. The third-order valence-electron chi connectivity index (χ3n) is 2.31. The van der Waals surface area contributed by atoms with Crippen molar-refractivity contribution in [2.45, 2.75) is 23.8 Å². The molecule has 6 nitrogen and oxygen atoms in total. The normalized spacial score (nSPS) is 15.8. The smallest absolute Gasteiger partial charge is 0.258 e. The molecule has 0 spiro atoms. The van der Waals surface area contributed by atoms with Gasteiger partial charge < -0.3 is 0 Å². The molecule has 92 valence electrons. The minimum absolute atomic E-state index is 0.144. The van der Waals surface area contributed by atoms with Crippen LogP contribution in [0.25, 0.3) is 0 Å². The molecular formula is C9H9FN2O4S. The van der Waals surface area contributed by atoms with Gasteiger partial charge in [-0.25, -0.2) is 17.5 Å². The Balaban J connectivity index is 2.35. The van der Waals surface area contributed by atoms with Gasteiger partial charge >= 0.3 is 0 Å². The molecule has 1 fully saturated rings. The van der Waals surface area contributed by atoms with Crippen molar-refractivity contribution in [3.8, 4) is 0 Å². The SMILES string of the molecule is O=[N+]([O-])c1ccc(S(=O)(=O)NC2CC2)c(F)c1. The van der Waals surface area contributed by atoms with E-state index in [1.807, 2.05) is 0 Å². The highest BCUT2D eigenvalue weighted by Gasteiger charge is 2.30. The molecule has 1 aliphatic carbocycles. The molecule has 0 saturated heterocycles. The summed E-state index contributed by atoms with van der Waals surface area (Å²) >= 11 is 0. The summed E-state index contributed by atoms with van der Waals surface area (Å²) in [5.74, 6) is -1.12. The monoisotopic (exact) mass is 260 g/mol. The van der Waals surface area contributed by atoms with Crippen LogP contribution >= 0.6 is 0 Å². The fourth-order valence-electron chi connectivity index (χ4n) is 1.31. The lowest BCUT2D eigenvalue weighted by Gasteiger charge is -2.05. The highest BCUT2D eigenvalue weighted by atomic mass is 32.2. The Kier molecular flexibility index (Phi) is 2.84. The van der Waals surface area contributed by atoms with E-state index in [-0.39, 0.29) is 6.04 Å². The molecule has 17 heavy (non-hydrogen) atoms. The van der Waals surface area contributed by atoms with Gasteiger partial charge in [0.1, 0.15) is 10.7 Å². The minimum atomic E-state index is -3.92. The second kappa shape index (κ2) is 4.04. The lowest BCUT2D eigenvalue weighted by Crippen LogP contribution is -2.26. The quantitative estimate of drug-likeness (QED) is 0.650. The first-order valence-corrected chi connectivity index (χ1v) is 6.35. The van der Waals surface area contributed by atoms with Gasteiger partial charge in [-0.3, -0.25) is 10.1 Å². The molecule has 0 bridgehead atoms. The van der Waals surface area contributed by atoms with Gasteiger partial charge in [-0.05, 0) is 18.9 Å². The van der Waals surface area contributed by atoms with Crippen LogP contribution in [0.1, 0.15) is 12.8 Å². The summed E-state index contributed by atoms with van der Waals surface area (Å²) in [4.78, 5) is 9.03. The number of nitrogens with zero attached hydrogens (tertiary/aromatic N) is 1. The Labute approximate surface area is 96.6 Å². The van der Waals surface area contributed by atoms with Gasteiger partial charge in [0.2, 0.25) is 10.0 Å². The molecule has 1 N–H and O–H groups in total. The number of nitro benzene ring substituents is 1. The summed E-state index contributed by atoms with van der Waals surface area (Å²) in [7, 11) is -3.92. The summed E-state index contributed by atoms with van der Waals surface area (Å²) < 4.78 is 39.1. The van der Waals surface area contributed by atoms with Crippen molar-refractivity contribution in [2.24, 2.45) is 0 Å². The first-order valence-electron chi connectivity index (χ1n) is 4.86. The van der Waals surface area contributed by atoms with E-state index >= 15 is 0 Å². The third kappa shape index (κ3) is 2.59. The topological polar surface area (TPSA) is 89.3 Å². The van der Waals surface area contributed by atoms with Crippen LogP contribution in [0.2, 0.25) is 0 Å². The van der Waals surface area contributed by atoms with Crippen LogP contribution in [0.15, 0.2) is 23.1 Å². The van der Waals surface area contributed by atoms with Gasteiger partial charge in [0.15, 0.2) is 0 Å². The molecule has 1 saturated carbocycles. The molecule has 8 heteroatoms. The van der Waals surface area contributed by atoms with Crippen LogP contribution in [0.4, 0.5) is 10.1 Å². The Morgan fingerprint density at radius 3 is 2.53 bits per heavy atom. The Morgan fingerprint density at radius 1 is 1.41 bits per heavy atom. The zero-order valence-corrected chi connectivity index (χ0v) is 9.41. The highest BCUT2D eigenvalue weighted by Crippen LogP contribution is 2.25. The number of rotatable bonds is 4.